The van der Waals surface area contributed by atoms with E-state index in [0.717, 1.165) is 11.1 Å². The number of carbonyl (C=O) groups excluding carboxylic acids is 1. The number of hydrogen-bond donors (Lipinski definition) is 2. The molecular formula is C16H11ClN4O3. The van der Waals surface area contributed by atoms with Gasteiger partial charge in [-0.05, 0) is 28.2 Å². The van der Waals surface area contributed by atoms with Gasteiger partial charge < -0.3 is 15.4 Å². The van der Waals surface area contributed by atoms with E-state index in [9.17, 15) is 14.9 Å². The van der Waals surface area contributed by atoms with Crippen molar-refractivity contribution >= 4 is 29.0 Å². The van der Waals surface area contributed by atoms with Gasteiger partial charge in [0.15, 0.2) is 10.7 Å². The molecule has 0 fully saturated rings. The Hall–Kier alpha value is -3.19. The maximum Gasteiger partial charge on any atom is 0.362 e. The Morgan fingerprint density at radius 1 is 1.08 bits per heavy atom. The van der Waals surface area contributed by atoms with E-state index >= 15 is 0 Å². The summed E-state index contributed by atoms with van der Waals surface area (Å²) in [5.41, 5.74) is 2.36. The molecule has 0 aliphatic rings. The number of anilines is 1. The zero-order chi connectivity index (χ0) is 17.1. The number of H-pyrrole nitrogens is 1. The first-order valence-corrected chi connectivity index (χ1v) is 7.29. The van der Waals surface area contributed by atoms with Crippen LogP contribution in [0.15, 0.2) is 54.6 Å². The number of aromatic nitrogens is 2. The van der Waals surface area contributed by atoms with Crippen LogP contribution in [0.5, 0.6) is 0 Å². The van der Waals surface area contributed by atoms with E-state index in [4.69, 9.17) is 11.6 Å². The van der Waals surface area contributed by atoms with Gasteiger partial charge in [-0.1, -0.05) is 59.2 Å². The van der Waals surface area contributed by atoms with Crippen LogP contribution in [0.4, 0.5) is 11.5 Å². The minimum Gasteiger partial charge on any atom is -0.358 e. The fourth-order valence-corrected chi connectivity index (χ4v) is 2.40. The average molecular weight is 343 g/mol. The Morgan fingerprint density at radius 3 is 2.29 bits per heavy atom. The molecule has 120 valence electrons. The van der Waals surface area contributed by atoms with Gasteiger partial charge >= 0.3 is 5.82 Å². The summed E-state index contributed by atoms with van der Waals surface area (Å²) >= 11 is 5.79. The molecule has 0 bridgehead atoms. The lowest BCUT2D eigenvalue weighted by Gasteiger charge is -2.05. The molecule has 1 heterocycles. The number of carbonyl (C=O) groups is 1. The Balaban J connectivity index is 1.77. The molecule has 0 saturated carbocycles. The van der Waals surface area contributed by atoms with Crippen molar-refractivity contribution in [1.82, 2.24) is 10.2 Å². The van der Waals surface area contributed by atoms with Crippen molar-refractivity contribution in [3.05, 3.63) is 75.4 Å². The third-order valence-electron chi connectivity index (χ3n) is 3.34. The van der Waals surface area contributed by atoms with Crippen molar-refractivity contribution in [2.75, 3.05) is 5.32 Å². The number of nitrogens with zero attached hydrogens (tertiary/aromatic N) is 2. The highest BCUT2D eigenvalue weighted by Gasteiger charge is 2.25. The van der Waals surface area contributed by atoms with Crippen LogP contribution in [-0.4, -0.2) is 21.0 Å². The van der Waals surface area contributed by atoms with Gasteiger partial charge in [-0.3, -0.25) is 4.79 Å². The molecule has 3 rings (SSSR count). The van der Waals surface area contributed by atoms with Crippen LogP contribution in [-0.2, 0) is 0 Å². The van der Waals surface area contributed by atoms with E-state index in [1.165, 1.54) is 0 Å². The molecule has 2 N–H and O–H groups in total. The molecule has 0 spiro atoms. The number of hydrogen-bond acceptors (Lipinski definition) is 4. The second-order valence-electron chi connectivity index (χ2n) is 4.89. The highest BCUT2D eigenvalue weighted by atomic mass is 35.5. The predicted molar refractivity (Wildman–Crippen MR) is 90.1 cm³/mol. The molecule has 0 saturated heterocycles. The SMILES string of the molecule is O=C(Nc1ccc(-c2ccccc2)cc1)c1n[nH]c([N+](=O)[O-])c1Cl. The summed E-state index contributed by atoms with van der Waals surface area (Å²) < 4.78 is 0. The number of halogens is 1. The molecule has 1 aromatic heterocycles. The molecule has 0 radical (unpaired) electrons. The van der Waals surface area contributed by atoms with E-state index in [2.05, 4.69) is 15.5 Å². The monoisotopic (exact) mass is 342 g/mol. The molecule has 0 aliphatic carbocycles. The van der Waals surface area contributed by atoms with Gasteiger partial charge in [0.2, 0.25) is 0 Å². The topological polar surface area (TPSA) is 101 Å². The lowest BCUT2D eigenvalue weighted by molar-refractivity contribution is -0.389. The van der Waals surface area contributed by atoms with Crippen LogP contribution in [0.25, 0.3) is 11.1 Å². The van der Waals surface area contributed by atoms with Crippen molar-refractivity contribution in [1.29, 1.82) is 0 Å². The Morgan fingerprint density at radius 2 is 1.71 bits per heavy atom. The number of aromatic amines is 1. The first-order chi connectivity index (χ1) is 11.6. The molecule has 0 unspecified atom stereocenters. The normalized spacial score (nSPS) is 10.4. The summed E-state index contributed by atoms with van der Waals surface area (Å²) in [5.74, 6) is -1.14. The summed E-state index contributed by atoms with van der Waals surface area (Å²) in [5, 5.41) is 18.7. The molecular weight excluding hydrogens is 332 g/mol. The summed E-state index contributed by atoms with van der Waals surface area (Å²) in [4.78, 5) is 22.1. The van der Waals surface area contributed by atoms with Crippen molar-refractivity contribution in [3.63, 3.8) is 0 Å². The molecule has 0 aliphatic heterocycles. The molecule has 8 heteroatoms. The van der Waals surface area contributed by atoms with Gasteiger partial charge in [0.1, 0.15) is 0 Å². The van der Waals surface area contributed by atoms with Crippen molar-refractivity contribution in [2.24, 2.45) is 0 Å². The van der Waals surface area contributed by atoms with E-state index < -0.39 is 16.6 Å². The van der Waals surface area contributed by atoms with E-state index in [1.807, 2.05) is 42.5 Å². The quantitative estimate of drug-likeness (QED) is 0.554. The fourth-order valence-electron chi connectivity index (χ4n) is 2.16. The van der Waals surface area contributed by atoms with Crippen LogP contribution in [0.3, 0.4) is 0 Å². The van der Waals surface area contributed by atoms with Gasteiger partial charge in [0.05, 0.1) is 0 Å². The average Bonchev–Trinajstić information content (AvgIpc) is 2.98. The number of nitro groups is 1. The summed E-state index contributed by atoms with van der Waals surface area (Å²) in [7, 11) is 0. The molecule has 3 aromatic rings. The smallest absolute Gasteiger partial charge is 0.358 e. The van der Waals surface area contributed by atoms with Gasteiger partial charge in [-0.15, -0.1) is 5.10 Å². The summed E-state index contributed by atoms with van der Waals surface area (Å²) in [6.45, 7) is 0. The Labute approximate surface area is 141 Å². The number of rotatable bonds is 4. The van der Waals surface area contributed by atoms with E-state index in [1.54, 1.807) is 12.1 Å². The maximum absolute atomic E-state index is 12.1. The highest BCUT2D eigenvalue weighted by Crippen LogP contribution is 2.26. The zero-order valence-electron chi connectivity index (χ0n) is 12.2. The molecule has 0 atom stereocenters. The van der Waals surface area contributed by atoms with Crippen LogP contribution in [0.2, 0.25) is 5.02 Å². The van der Waals surface area contributed by atoms with Gasteiger partial charge in [0, 0.05) is 5.69 Å². The second-order valence-corrected chi connectivity index (χ2v) is 5.27. The Bertz CT molecular complexity index is 891. The fraction of sp³-hybridized carbons (Fsp3) is 0. The van der Waals surface area contributed by atoms with Gasteiger partial charge in [0.25, 0.3) is 5.91 Å². The Kier molecular flexibility index (Phi) is 4.26. The molecule has 7 nitrogen and oxygen atoms in total. The van der Waals surface area contributed by atoms with Crippen molar-refractivity contribution in [3.8, 4) is 11.1 Å². The lowest BCUT2D eigenvalue weighted by Crippen LogP contribution is -2.12. The van der Waals surface area contributed by atoms with Crippen molar-refractivity contribution in [2.45, 2.75) is 0 Å². The second kappa shape index (κ2) is 6.51. The third-order valence-corrected chi connectivity index (χ3v) is 3.69. The molecule has 24 heavy (non-hydrogen) atoms. The first-order valence-electron chi connectivity index (χ1n) is 6.91. The van der Waals surface area contributed by atoms with Crippen LogP contribution in [0, 0.1) is 10.1 Å². The standard InChI is InChI=1S/C16H11ClN4O3/c17-13-14(19-20-15(13)21(23)24)16(22)18-12-8-6-11(7-9-12)10-4-2-1-3-5-10/h1-9H,(H,18,22)(H,19,20). The van der Waals surface area contributed by atoms with E-state index in [-0.39, 0.29) is 10.7 Å². The lowest BCUT2D eigenvalue weighted by atomic mass is 10.1. The molecule has 2 aromatic carbocycles. The molecule has 1 amide bonds. The van der Waals surface area contributed by atoms with Crippen molar-refractivity contribution < 1.29 is 9.72 Å². The minimum absolute atomic E-state index is 0.226. The largest absolute Gasteiger partial charge is 0.362 e. The van der Waals surface area contributed by atoms with Crippen LogP contribution in [0.1, 0.15) is 10.5 Å². The van der Waals surface area contributed by atoms with E-state index in [0.29, 0.717) is 5.69 Å². The van der Waals surface area contributed by atoms with Crippen LogP contribution >= 0.6 is 11.6 Å². The minimum atomic E-state index is -0.735. The van der Waals surface area contributed by atoms with Crippen LogP contribution < -0.4 is 5.32 Å². The first kappa shape index (κ1) is 15.7. The summed E-state index contributed by atoms with van der Waals surface area (Å²) in [6.07, 6.45) is 0. The third kappa shape index (κ3) is 3.11. The number of benzene rings is 2. The van der Waals surface area contributed by atoms with Gasteiger partial charge in [-0.2, -0.15) is 0 Å². The van der Waals surface area contributed by atoms with Gasteiger partial charge in [-0.25, -0.2) is 0 Å². The number of nitrogens with one attached hydrogen (secondary N) is 2. The maximum atomic E-state index is 12.1. The predicted octanol–water partition coefficient (Wildman–Crippen LogP) is 3.89. The highest BCUT2D eigenvalue weighted by molar-refractivity contribution is 6.35. The number of amides is 1. The zero-order valence-corrected chi connectivity index (χ0v) is 12.9. The summed E-state index contributed by atoms with van der Waals surface area (Å²) in [6, 6.07) is 17.0.